The number of nitrogens with zero attached hydrogens (tertiary/aromatic N) is 3. The summed E-state index contributed by atoms with van der Waals surface area (Å²) < 4.78 is 0. The third-order valence-electron chi connectivity index (χ3n) is 9.47. The van der Waals surface area contributed by atoms with E-state index < -0.39 is 0 Å². The summed E-state index contributed by atoms with van der Waals surface area (Å²) in [7, 11) is 0. The summed E-state index contributed by atoms with van der Waals surface area (Å²) in [6.07, 6.45) is 4.25. The molecule has 0 aromatic rings. The molecule has 2 rings (SSSR count). The van der Waals surface area contributed by atoms with Crippen LogP contribution in [0.5, 0.6) is 0 Å². The number of piperidine rings is 1. The van der Waals surface area contributed by atoms with Crippen molar-refractivity contribution in [2.24, 2.45) is 16.7 Å². The third-order valence-corrected chi connectivity index (χ3v) is 9.47. The van der Waals surface area contributed by atoms with Gasteiger partial charge in [0.1, 0.15) is 5.78 Å². The minimum atomic E-state index is -0.329. The van der Waals surface area contributed by atoms with Crippen molar-refractivity contribution in [3.63, 3.8) is 0 Å². The summed E-state index contributed by atoms with van der Waals surface area (Å²) in [5.74, 6) is 1.08. The van der Waals surface area contributed by atoms with Crippen molar-refractivity contribution in [2.45, 2.75) is 99.1 Å². The molecule has 32 heavy (non-hydrogen) atoms. The van der Waals surface area contributed by atoms with Gasteiger partial charge in [-0.1, -0.05) is 34.6 Å². The number of ketones is 1. The van der Waals surface area contributed by atoms with E-state index in [1.165, 1.54) is 19.3 Å². The van der Waals surface area contributed by atoms with Crippen molar-refractivity contribution >= 4 is 5.78 Å². The number of β-amino-alcohol motifs (C(OH)–C–C–N with tert-alkyl or cyclic N) is 1. The molecule has 2 aliphatic rings. The van der Waals surface area contributed by atoms with Crippen LogP contribution in [0.2, 0.25) is 0 Å². The summed E-state index contributed by atoms with van der Waals surface area (Å²) in [5, 5.41) is 9.22. The normalized spacial score (nSPS) is 21.8. The highest BCUT2D eigenvalue weighted by molar-refractivity contribution is 5.85. The number of rotatable bonds is 10. The predicted molar refractivity (Wildman–Crippen MR) is 135 cm³/mol. The molecule has 2 heterocycles. The SMILES string of the molecule is CCC(=O)C(C)(C)C(C)(C)N1CCC(C(C)(C)CC(C)(C)N2CCN(CCO)CC2)CC1. The molecule has 0 bridgehead atoms. The van der Waals surface area contributed by atoms with Gasteiger partial charge < -0.3 is 5.11 Å². The van der Waals surface area contributed by atoms with Crippen LogP contribution >= 0.6 is 0 Å². The van der Waals surface area contributed by atoms with Crippen LogP contribution in [0.3, 0.4) is 0 Å². The molecule has 0 saturated carbocycles. The van der Waals surface area contributed by atoms with Crippen LogP contribution in [0.15, 0.2) is 0 Å². The van der Waals surface area contributed by atoms with Crippen molar-refractivity contribution in [1.82, 2.24) is 14.7 Å². The van der Waals surface area contributed by atoms with Gasteiger partial charge in [0.15, 0.2) is 0 Å². The van der Waals surface area contributed by atoms with Gasteiger partial charge in [0.2, 0.25) is 0 Å². The van der Waals surface area contributed by atoms with E-state index in [0.29, 0.717) is 12.2 Å². The summed E-state index contributed by atoms with van der Waals surface area (Å²) in [6, 6.07) is 0. The molecule has 0 unspecified atom stereocenters. The minimum Gasteiger partial charge on any atom is -0.395 e. The maximum atomic E-state index is 12.7. The molecule has 0 spiro atoms. The Morgan fingerprint density at radius 1 is 0.844 bits per heavy atom. The number of aliphatic hydroxyl groups excluding tert-OH is 1. The van der Waals surface area contributed by atoms with Crippen LogP contribution < -0.4 is 0 Å². The van der Waals surface area contributed by atoms with Gasteiger partial charge in [-0.2, -0.15) is 0 Å². The molecule has 0 atom stereocenters. The number of Topliss-reactive ketones (excluding diaryl/α,β-unsaturated/α-hetero) is 1. The second kappa shape index (κ2) is 10.4. The molecule has 5 nitrogen and oxygen atoms in total. The highest BCUT2D eigenvalue weighted by Crippen LogP contribution is 2.45. The van der Waals surface area contributed by atoms with E-state index >= 15 is 0 Å². The fourth-order valence-corrected chi connectivity index (χ4v) is 6.49. The average Bonchev–Trinajstić information content (AvgIpc) is 2.73. The Morgan fingerprint density at radius 3 is 1.84 bits per heavy atom. The molecule has 5 heteroatoms. The Kier molecular flexibility index (Phi) is 9.03. The summed E-state index contributed by atoms with van der Waals surface area (Å²) in [5.41, 5.74) is 0.0183. The van der Waals surface area contributed by atoms with Crippen LogP contribution in [0, 0.1) is 16.7 Å². The number of carbonyl (C=O) groups is 1. The Balaban J connectivity index is 1.97. The number of hydrogen-bond acceptors (Lipinski definition) is 5. The molecular weight excluding hydrogens is 398 g/mol. The van der Waals surface area contributed by atoms with Crippen molar-refractivity contribution in [2.75, 3.05) is 52.4 Å². The molecule has 0 amide bonds. The zero-order chi connectivity index (χ0) is 24.4. The summed E-state index contributed by atoms with van der Waals surface area (Å²) in [6.45, 7) is 28.1. The highest BCUT2D eigenvalue weighted by Gasteiger charge is 2.48. The molecule has 2 saturated heterocycles. The Morgan fingerprint density at radius 2 is 1.38 bits per heavy atom. The lowest BCUT2D eigenvalue weighted by molar-refractivity contribution is -0.136. The first-order valence-corrected chi connectivity index (χ1v) is 13.1. The van der Waals surface area contributed by atoms with Crippen molar-refractivity contribution in [3.05, 3.63) is 0 Å². The van der Waals surface area contributed by atoms with Crippen LogP contribution in [-0.2, 0) is 4.79 Å². The van der Waals surface area contributed by atoms with Crippen LogP contribution in [0.25, 0.3) is 0 Å². The van der Waals surface area contributed by atoms with Gasteiger partial charge in [-0.3, -0.25) is 19.5 Å². The molecular formula is C27H53N3O2. The fourth-order valence-electron chi connectivity index (χ4n) is 6.49. The quantitative estimate of drug-likeness (QED) is 0.537. The molecule has 0 aromatic heterocycles. The molecule has 0 aromatic carbocycles. The van der Waals surface area contributed by atoms with E-state index in [0.717, 1.165) is 51.7 Å². The maximum absolute atomic E-state index is 12.7. The average molecular weight is 452 g/mol. The number of piperazine rings is 1. The topological polar surface area (TPSA) is 47.0 Å². The largest absolute Gasteiger partial charge is 0.395 e. The summed E-state index contributed by atoms with van der Waals surface area (Å²) in [4.78, 5) is 20.3. The summed E-state index contributed by atoms with van der Waals surface area (Å²) >= 11 is 0. The van der Waals surface area contributed by atoms with Crippen molar-refractivity contribution in [1.29, 1.82) is 0 Å². The molecule has 2 fully saturated rings. The lowest BCUT2D eigenvalue weighted by atomic mass is 9.65. The second-order valence-electron chi connectivity index (χ2n) is 12.8. The van der Waals surface area contributed by atoms with E-state index in [-0.39, 0.29) is 28.5 Å². The number of carbonyl (C=O) groups excluding carboxylic acids is 1. The van der Waals surface area contributed by atoms with Gasteiger partial charge >= 0.3 is 0 Å². The first kappa shape index (κ1) is 27.8. The van der Waals surface area contributed by atoms with Gasteiger partial charge in [0.05, 0.1) is 6.61 Å². The van der Waals surface area contributed by atoms with Gasteiger partial charge in [0.25, 0.3) is 0 Å². The Labute approximate surface area is 198 Å². The zero-order valence-corrected chi connectivity index (χ0v) is 22.8. The van der Waals surface area contributed by atoms with Crippen molar-refractivity contribution < 1.29 is 9.90 Å². The second-order valence-corrected chi connectivity index (χ2v) is 12.8. The Bertz CT molecular complexity index is 610. The van der Waals surface area contributed by atoms with Gasteiger partial charge in [0, 0.05) is 55.6 Å². The van der Waals surface area contributed by atoms with Crippen LogP contribution in [0.4, 0.5) is 0 Å². The lowest BCUT2D eigenvalue weighted by Gasteiger charge is -2.53. The third kappa shape index (κ3) is 5.95. The maximum Gasteiger partial charge on any atom is 0.140 e. The molecule has 0 radical (unpaired) electrons. The number of hydrogen-bond donors (Lipinski definition) is 1. The van der Waals surface area contributed by atoms with Crippen molar-refractivity contribution in [3.8, 4) is 0 Å². The van der Waals surface area contributed by atoms with Gasteiger partial charge in [-0.15, -0.1) is 0 Å². The number of likely N-dealkylation sites (tertiary alicyclic amines) is 1. The molecule has 1 N–H and O–H groups in total. The van der Waals surface area contributed by atoms with Crippen LogP contribution in [-0.4, -0.2) is 89.1 Å². The van der Waals surface area contributed by atoms with E-state index in [1.807, 2.05) is 6.92 Å². The number of aliphatic hydroxyl groups is 1. The van der Waals surface area contributed by atoms with E-state index in [1.54, 1.807) is 0 Å². The monoisotopic (exact) mass is 451 g/mol. The lowest BCUT2D eigenvalue weighted by Crippen LogP contribution is -2.60. The van der Waals surface area contributed by atoms with E-state index in [9.17, 15) is 9.90 Å². The molecule has 0 aliphatic carbocycles. The molecule has 2 aliphatic heterocycles. The smallest absolute Gasteiger partial charge is 0.140 e. The standard InChI is InChI=1S/C27H53N3O2/c1-10-23(32)26(6,7)27(8,9)30-13-11-22(12-14-30)24(2,3)21-25(4,5)29-17-15-28(16-18-29)19-20-31/h22,31H,10-21H2,1-9H3. The van der Waals surface area contributed by atoms with E-state index in [2.05, 4.69) is 70.1 Å². The van der Waals surface area contributed by atoms with Gasteiger partial charge in [-0.25, -0.2) is 0 Å². The first-order chi connectivity index (χ1) is 14.7. The minimum absolute atomic E-state index is 0.122. The van der Waals surface area contributed by atoms with E-state index in [4.69, 9.17) is 0 Å². The zero-order valence-electron chi connectivity index (χ0n) is 22.8. The first-order valence-electron chi connectivity index (χ1n) is 13.1. The van der Waals surface area contributed by atoms with Gasteiger partial charge in [-0.05, 0) is 71.4 Å². The van der Waals surface area contributed by atoms with Crippen LogP contribution in [0.1, 0.15) is 88.0 Å². The highest BCUT2D eigenvalue weighted by atomic mass is 16.3. The predicted octanol–water partition coefficient (Wildman–Crippen LogP) is 4.29. The fraction of sp³-hybridized carbons (Fsp3) is 0.963. The molecule has 188 valence electrons. The Hall–Kier alpha value is -0.490.